The standard InChI is InChI=1S/C9H12N6S/c1-5-6(4-11-15(5)2)7-12-8(10)14-9(13-7)16-3/h4H,1-3H3,(H2,10,12,13,14). The Balaban J connectivity index is 2.55. The average molecular weight is 236 g/mol. The average Bonchev–Trinajstić information content (AvgIpc) is 2.59. The van der Waals surface area contributed by atoms with Crippen molar-refractivity contribution in [3.8, 4) is 11.4 Å². The van der Waals surface area contributed by atoms with Crippen molar-refractivity contribution in [1.82, 2.24) is 24.7 Å². The normalized spacial score (nSPS) is 10.7. The number of anilines is 1. The van der Waals surface area contributed by atoms with Gasteiger partial charge in [-0.3, -0.25) is 4.68 Å². The van der Waals surface area contributed by atoms with Crippen LogP contribution in [0.15, 0.2) is 11.4 Å². The molecule has 0 atom stereocenters. The molecule has 2 aromatic rings. The highest BCUT2D eigenvalue weighted by atomic mass is 32.2. The number of nitrogens with zero attached hydrogens (tertiary/aromatic N) is 5. The molecule has 0 spiro atoms. The molecule has 16 heavy (non-hydrogen) atoms. The van der Waals surface area contributed by atoms with Crippen LogP contribution in [0.1, 0.15) is 5.69 Å². The van der Waals surface area contributed by atoms with Gasteiger partial charge in [0.25, 0.3) is 0 Å². The van der Waals surface area contributed by atoms with Crippen molar-refractivity contribution in [2.75, 3.05) is 12.0 Å². The fraction of sp³-hybridized carbons (Fsp3) is 0.333. The third-order valence-electron chi connectivity index (χ3n) is 2.29. The summed E-state index contributed by atoms with van der Waals surface area (Å²) in [5.74, 6) is 0.806. The maximum Gasteiger partial charge on any atom is 0.224 e. The maximum absolute atomic E-state index is 5.63. The Labute approximate surface area is 97.3 Å². The maximum atomic E-state index is 5.63. The third kappa shape index (κ3) is 1.85. The fourth-order valence-corrected chi connectivity index (χ4v) is 1.66. The van der Waals surface area contributed by atoms with Crippen molar-refractivity contribution >= 4 is 17.7 Å². The summed E-state index contributed by atoms with van der Waals surface area (Å²) in [6.45, 7) is 1.96. The van der Waals surface area contributed by atoms with Crippen LogP contribution in [0, 0.1) is 6.92 Å². The zero-order chi connectivity index (χ0) is 11.7. The summed E-state index contributed by atoms with van der Waals surface area (Å²) in [4.78, 5) is 12.4. The molecule has 0 saturated heterocycles. The van der Waals surface area contributed by atoms with Crippen LogP contribution in [0.3, 0.4) is 0 Å². The van der Waals surface area contributed by atoms with Gasteiger partial charge in [0, 0.05) is 12.7 Å². The molecule has 6 nitrogen and oxygen atoms in total. The van der Waals surface area contributed by atoms with E-state index in [1.807, 2.05) is 20.2 Å². The largest absolute Gasteiger partial charge is 0.368 e. The van der Waals surface area contributed by atoms with E-state index >= 15 is 0 Å². The van der Waals surface area contributed by atoms with E-state index in [-0.39, 0.29) is 5.95 Å². The highest BCUT2D eigenvalue weighted by molar-refractivity contribution is 7.98. The lowest BCUT2D eigenvalue weighted by atomic mass is 10.2. The minimum atomic E-state index is 0.234. The molecule has 0 radical (unpaired) electrons. The number of rotatable bonds is 2. The first-order valence-electron chi connectivity index (χ1n) is 4.66. The van der Waals surface area contributed by atoms with E-state index in [0.29, 0.717) is 11.0 Å². The Morgan fingerprint density at radius 1 is 1.31 bits per heavy atom. The first kappa shape index (κ1) is 10.9. The molecule has 2 aromatic heterocycles. The van der Waals surface area contributed by atoms with E-state index in [9.17, 15) is 0 Å². The molecule has 2 N–H and O–H groups in total. The molecule has 0 saturated carbocycles. The van der Waals surface area contributed by atoms with E-state index in [1.165, 1.54) is 11.8 Å². The van der Waals surface area contributed by atoms with Gasteiger partial charge in [-0.25, -0.2) is 4.98 Å². The van der Waals surface area contributed by atoms with Crippen molar-refractivity contribution in [3.63, 3.8) is 0 Å². The van der Waals surface area contributed by atoms with Gasteiger partial charge < -0.3 is 5.73 Å². The lowest BCUT2D eigenvalue weighted by Gasteiger charge is -2.02. The van der Waals surface area contributed by atoms with Gasteiger partial charge in [-0.15, -0.1) is 0 Å². The minimum Gasteiger partial charge on any atom is -0.368 e. The molecule has 0 amide bonds. The Kier molecular flexibility index (Phi) is 2.78. The topological polar surface area (TPSA) is 82.5 Å². The number of hydrogen-bond donors (Lipinski definition) is 1. The van der Waals surface area contributed by atoms with Gasteiger partial charge in [0.1, 0.15) is 0 Å². The molecule has 0 bridgehead atoms. The highest BCUT2D eigenvalue weighted by Crippen LogP contribution is 2.21. The summed E-state index contributed by atoms with van der Waals surface area (Å²) in [7, 11) is 1.87. The van der Waals surface area contributed by atoms with Crippen molar-refractivity contribution in [3.05, 3.63) is 11.9 Å². The van der Waals surface area contributed by atoms with Crippen LogP contribution in [0.2, 0.25) is 0 Å². The quantitative estimate of drug-likeness (QED) is 0.779. The van der Waals surface area contributed by atoms with Crippen molar-refractivity contribution in [2.45, 2.75) is 12.1 Å². The number of nitrogens with two attached hydrogens (primary N) is 1. The monoisotopic (exact) mass is 236 g/mol. The van der Waals surface area contributed by atoms with Crippen LogP contribution < -0.4 is 5.73 Å². The molecule has 0 unspecified atom stereocenters. The fourth-order valence-electron chi connectivity index (χ4n) is 1.30. The summed E-state index contributed by atoms with van der Waals surface area (Å²) >= 11 is 1.44. The molecule has 0 aromatic carbocycles. The SMILES string of the molecule is CSc1nc(N)nc(-c2cnn(C)c2C)n1. The van der Waals surface area contributed by atoms with E-state index in [1.54, 1.807) is 10.9 Å². The second kappa shape index (κ2) is 4.09. The molecule has 84 valence electrons. The van der Waals surface area contributed by atoms with Crippen LogP contribution in [0.5, 0.6) is 0 Å². The number of nitrogen functional groups attached to an aromatic ring is 1. The molecule has 0 aliphatic rings. The molecule has 2 rings (SSSR count). The molecule has 0 fully saturated rings. The van der Waals surface area contributed by atoms with Crippen LogP contribution >= 0.6 is 11.8 Å². The molecular weight excluding hydrogens is 224 g/mol. The zero-order valence-corrected chi connectivity index (χ0v) is 10.1. The summed E-state index contributed by atoms with van der Waals surface area (Å²) in [6, 6.07) is 0. The third-order valence-corrected chi connectivity index (χ3v) is 2.84. The van der Waals surface area contributed by atoms with Gasteiger partial charge in [-0.2, -0.15) is 15.1 Å². The van der Waals surface area contributed by atoms with Crippen LogP contribution in [0.4, 0.5) is 5.95 Å². The van der Waals surface area contributed by atoms with Crippen molar-refractivity contribution < 1.29 is 0 Å². The number of hydrogen-bond acceptors (Lipinski definition) is 6. The number of thioether (sulfide) groups is 1. The minimum absolute atomic E-state index is 0.234. The van der Waals surface area contributed by atoms with Gasteiger partial charge in [0.05, 0.1) is 11.8 Å². The molecule has 2 heterocycles. The van der Waals surface area contributed by atoms with Crippen LogP contribution in [-0.4, -0.2) is 31.0 Å². The van der Waals surface area contributed by atoms with E-state index in [4.69, 9.17) is 5.73 Å². The van der Waals surface area contributed by atoms with Gasteiger partial charge in [0.2, 0.25) is 5.95 Å². The summed E-state index contributed by atoms with van der Waals surface area (Å²) in [5.41, 5.74) is 7.51. The second-order valence-electron chi connectivity index (χ2n) is 3.27. The van der Waals surface area contributed by atoms with Crippen molar-refractivity contribution in [2.24, 2.45) is 7.05 Å². The summed E-state index contributed by atoms with van der Waals surface area (Å²) in [6.07, 6.45) is 3.63. The van der Waals surface area contributed by atoms with Gasteiger partial charge in [-0.05, 0) is 13.2 Å². The number of aromatic nitrogens is 5. The Morgan fingerprint density at radius 3 is 2.62 bits per heavy atom. The predicted octanol–water partition coefficient (Wildman–Crippen LogP) is 0.885. The molecular formula is C9H12N6S. The molecule has 0 aliphatic carbocycles. The van der Waals surface area contributed by atoms with E-state index < -0.39 is 0 Å². The second-order valence-corrected chi connectivity index (χ2v) is 4.04. The zero-order valence-electron chi connectivity index (χ0n) is 9.30. The number of aryl methyl sites for hydroxylation is 1. The molecule has 0 aliphatic heterocycles. The van der Waals surface area contributed by atoms with Crippen molar-refractivity contribution in [1.29, 1.82) is 0 Å². The first-order chi connectivity index (χ1) is 7.61. The van der Waals surface area contributed by atoms with Gasteiger partial charge in [0.15, 0.2) is 11.0 Å². The smallest absolute Gasteiger partial charge is 0.224 e. The first-order valence-corrected chi connectivity index (χ1v) is 5.89. The molecule has 7 heteroatoms. The Morgan fingerprint density at radius 2 is 2.06 bits per heavy atom. The Bertz CT molecular complexity index is 521. The predicted molar refractivity (Wildman–Crippen MR) is 63.0 cm³/mol. The van der Waals surface area contributed by atoms with Gasteiger partial charge >= 0.3 is 0 Å². The summed E-state index contributed by atoms with van der Waals surface area (Å²) < 4.78 is 1.77. The lowest BCUT2D eigenvalue weighted by molar-refractivity contribution is 0.740. The van der Waals surface area contributed by atoms with E-state index in [0.717, 1.165) is 11.3 Å². The van der Waals surface area contributed by atoms with E-state index in [2.05, 4.69) is 20.1 Å². The Hall–Kier alpha value is -1.63. The van der Waals surface area contributed by atoms with Gasteiger partial charge in [-0.1, -0.05) is 11.8 Å². The summed E-state index contributed by atoms with van der Waals surface area (Å²) in [5, 5.41) is 4.76. The highest BCUT2D eigenvalue weighted by Gasteiger charge is 2.11. The lowest BCUT2D eigenvalue weighted by Crippen LogP contribution is -2.02. The van der Waals surface area contributed by atoms with Crippen LogP contribution in [-0.2, 0) is 7.05 Å². The van der Waals surface area contributed by atoms with Crippen LogP contribution in [0.25, 0.3) is 11.4 Å².